The number of anilines is 5. The van der Waals surface area contributed by atoms with Crippen LogP contribution in [0.3, 0.4) is 0 Å². The molecule has 34 heavy (non-hydrogen) atoms. The third kappa shape index (κ3) is 5.72. The highest BCUT2D eigenvalue weighted by molar-refractivity contribution is 7.92. The van der Waals surface area contributed by atoms with Crippen LogP contribution in [0.5, 0.6) is 5.75 Å². The fourth-order valence-corrected chi connectivity index (χ4v) is 4.43. The zero-order valence-electron chi connectivity index (χ0n) is 18.3. The van der Waals surface area contributed by atoms with Crippen molar-refractivity contribution in [2.45, 2.75) is 11.8 Å². The Balaban J connectivity index is 1.43. The van der Waals surface area contributed by atoms with E-state index in [0.29, 0.717) is 34.6 Å². The van der Waals surface area contributed by atoms with Gasteiger partial charge < -0.3 is 15.4 Å². The van der Waals surface area contributed by atoms with Crippen molar-refractivity contribution in [3.05, 3.63) is 83.8 Å². The lowest BCUT2D eigenvalue weighted by Crippen LogP contribution is -2.13. The first-order valence-corrected chi connectivity index (χ1v) is 11.9. The maximum absolute atomic E-state index is 12.7. The highest BCUT2D eigenvalue weighted by Gasteiger charge is 2.16. The highest BCUT2D eigenvalue weighted by Crippen LogP contribution is 2.28. The molecule has 0 radical (unpaired) electrons. The van der Waals surface area contributed by atoms with Crippen molar-refractivity contribution in [3.8, 4) is 5.75 Å². The third-order valence-electron chi connectivity index (χ3n) is 4.68. The Morgan fingerprint density at radius 1 is 0.824 bits per heavy atom. The molecule has 2 aromatic heterocycles. The molecular weight excluding hydrogens is 476 g/mol. The predicted molar refractivity (Wildman–Crippen MR) is 133 cm³/mol. The van der Waals surface area contributed by atoms with Gasteiger partial charge >= 0.3 is 0 Å². The topological polar surface area (TPSA) is 118 Å². The minimum absolute atomic E-state index is 0.0321. The fraction of sp³-hybridized carbons (Fsp3) is 0.0870. The quantitative estimate of drug-likeness (QED) is 0.307. The fourth-order valence-electron chi connectivity index (χ4n) is 3.03. The van der Waals surface area contributed by atoms with Crippen molar-refractivity contribution in [3.63, 3.8) is 0 Å². The van der Waals surface area contributed by atoms with E-state index in [2.05, 4.69) is 30.3 Å². The smallest absolute Gasteiger partial charge is 0.261 e. The summed E-state index contributed by atoms with van der Waals surface area (Å²) in [5.74, 6) is 2.22. The lowest BCUT2D eigenvalue weighted by Gasteiger charge is -2.11. The molecule has 9 nitrogen and oxygen atoms in total. The van der Waals surface area contributed by atoms with Gasteiger partial charge in [-0.25, -0.2) is 23.4 Å². The number of rotatable bonds is 8. The number of benzene rings is 2. The summed E-state index contributed by atoms with van der Waals surface area (Å²) in [6.07, 6.45) is 3.15. The molecular formula is C23H21ClN6O3S. The van der Waals surface area contributed by atoms with Gasteiger partial charge in [0.2, 0.25) is 0 Å². The van der Waals surface area contributed by atoms with Crippen molar-refractivity contribution < 1.29 is 13.2 Å². The van der Waals surface area contributed by atoms with E-state index in [1.165, 1.54) is 31.6 Å². The molecule has 2 aromatic carbocycles. The molecule has 0 spiro atoms. The second kappa shape index (κ2) is 9.94. The van der Waals surface area contributed by atoms with E-state index in [0.717, 1.165) is 5.56 Å². The number of aromatic nitrogens is 3. The predicted octanol–water partition coefficient (Wildman–Crippen LogP) is 5.13. The molecule has 174 valence electrons. The van der Waals surface area contributed by atoms with Crippen molar-refractivity contribution in [2.24, 2.45) is 0 Å². The number of hydrogen-bond acceptors (Lipinski definition) is 8. The maximum Gasteiger partial charge on any atom is 0.261 e. The molecule has 0 aliphatic rings. The first kappa shape index (κ1) is 23.3. The van der Waals surface area contributed by atoms with Gasteiger partial charge in [0.25, 0.3) is 10.0 Å². The average Bonchev–Trinajstić information content (AvgIpc) is 2.80. The number of aryl methyl sites for hydroxylation is 1. The summed E-state index contributed by atoms with van der Waals surface area (Å²) in [5.41, 5.74) is 2.19. The standard InChI is InChI=1S/C23H21ClN6O3S/c1-15-9-10-25-21(11-15)29-23-13-22(26-14-27-23)28-16-3-5-17(6-4-16)30-34(31,32)18-7-8-20(33-2)19(24)12-18/h3-14,30H,1-2H3,(H2,25,26,27,28,29). The molecule has 0 unspecified atom stereocenters. The molecule has 0 atom stereocenters. The molecule has 4 aromatic rings. The van der Waals surface area contributed by atoms with Crippen molar-refractivity contribution in [1.82, 2.24) is 15.0 Å². The summed E-state index contributed by atoms with van der Waals surface area (Å²) in [6, 6.07) is 16.6. The van der Waals surface area contributed by atoms with Crippen molar-refractivity contribution >= 4 is 50.5 Å². The molecule has 0 aliphatic heterocycles. The van der Waals surface area contributed by atoms with Crippen LogP contribution in [-0.4, -0.2) is 30.5 Å². The number of sulfonamides is 1. The molecule has 11 heteroatoms. The Hall–Kier alpha value is -3.89. The lowest BCUT2D eigenvalue weighted by molar-refractivity contribution is 0.414. The van der Waals surface area contributed by atoms with Gasteiger partial charge in [-0.2, -0.15) is 0 Å². The van der Waals surface area contributed by atoms with Crippen LogP contribution >= 0.6 is 11.6 Å². The number of pyridine rings is 1. The van der Waals surface area contributed by atoms with Gasteiger partial charge in [0, 0.05) is 23.6 Å². The van der Waals surface area contributed by atoms with E-state index in [1.54, 1.807) is 36.5 Å². The van der Waals surface area contributed by atoms with Gasteiger partial charge in [-0.1, -0.05) is 11.6 Å². The van der Waals surface area contributed by atoms with E-state index >= 15 is 0 Å². The molecule has 0 aliphatic carbocycles. The number of hydrogen-bond donors (Lipinski definition) is 3. The van der Waals surface area contributed by atoms with E-state index in [-0.39, 0.29) is 9.92 Å². The van der Waals surface area contributed by atoms with Gasteiger partial charge in [-0.05, 0) is 67.1 Å². The van der Waals surface area contributed by atoms with Crippen molar-refractivity contribution in [1.29, 1.82) is 0 Å². The van der Waals surface area contributed by atoms with Gasteiger partial charge in [-0.3, -0.25) is 4.72 Å². The lowest BCUT2D eigenvalue weighted by atomic mass is 10.3. The van der Waals surface area contributed by atoms with Gasteiger partial charge in [-0.15, -0.1) is 0 Å². The summed E-state index contributed by atoms with van der Waals surface area (Å²) in [4.78, 5) is 12.7. The molecule has 3 N–H and O–H groups in total. The highest BCUT2D eigenvalue weighted by atomic mass is 35.5. The SMILES string of the molecule is COc1ccc(S(=O)(=O)Nc2ccc(Nc3cc(Nc4cc(C)ccn4)ncn3)cc2)cc1Cl. The van der Waals surface area contributed by atoms with Crippen LogP contribution in [0.4, 0.5) is 28.8 Å². The Labute approximate surface area is 202 Å². The van der Waals surface area contributed by atoms with Crippen LogP contribution in [0, 0.1) is 6.92 Å². The number of methoxy groups -OCH3 is 1. The Bertz CT molecular complexity index is 1410. The van der Waals surface area contributed by atoms with E-state index in [1.807, 2.05) is 19.1 Å². The zero-order valence-corrected chi connectivity index (χ0v) is 19.9. The van der Waals surface area contributed by atoms with Gasteiger partial charge in [0.05, 0.1) is 17.0 Å². The minimum Gasteiger partial charge on any atom is -0.495 e. The van der Waals surface area contributed by atoms with Crippen LogP contribution < -0.4 is 20.1 Å². The Kier molecular flexibility index (Phi) is 6.80. The van der Waals surface area contributed by atoms with Crippen LogP contribution in [0.15, 0.2) is 78.1 Å². The number of halogens is 1. The van der Waals surface area contributed by atoms with Crippen LogP contribution in [0.25, 0.3) is 0 Å². The van der Waals surface area contributed by atoms with Crippen molar-refractivity contribution in [2.75, 3.05) is 22.5 Å². The molecule has 0 bridgehead atoms. The maximum atomic E-state index is 12.7. The minimum atomic E-state index is -3.82. The molecule has 0 amide bonds. The van der Waals surface area contributed by atoms with Crippen LogP contribution in [-0.2, 0) is 10.0 Å². The first-order valence-electron chi connectivity index (χ1n) is 10.1. The zero-order chi connectivity index (χ0) is 24.1. The largest absolute Gasteiger partial charge is 0.495 e. The summed E-state index contributed by atoms with van der Waals surface area (Å²) >= 11 is 6.06. The number of nitrogens with one attached hydrogen (secondary N) is 3. The van der Waals surface area contributed by atoms with Crippen LogP contribution in [0.1, 0.15) is 5.56 Å². The van der Waals surface area contributed by atoms with E-state index in [9.17, 15) is 8.42 Å². The third-order valence-corrected chi connectivity index (χ3v) is 6.36. The van der Waals surface area contributed by atoms with Gasteiger partial charge in [0.1, 0.15) is 29.5 Å². The Morgan fingerprint density at radius 3 is 2.18 bits per heavy atom. The van der Waals surface area contributed by atoms with Gasteiger partial charge in [0.15, 0.2) is 0 Å². The number of ether oxygens (including phenoxy) is 1. The molecule has 2 heterocycles. The first-order chi connectivity index (χ1) is 16.3. The normalized spacial score (nSPS) is 11.0. The molecule has 4 rings (SSSR count). The Morgan fingerprint density at radius 2 is 1.50 bits per heavy atom. The molecule has 0 saturated carbocycles. The van der Waals surface area contributed by atoms with E-state index < -0.39 is 10.0 Å². The summed E-state index contributed by atoms with van der Waals surface area (Å²) in [7, 11) is -2.35. The average molecular weight is 497 g/mol. The van der Waals surface area contributed by atoms with E-state index in [4.69, 9.17) is 16.3 Å². The second-order valence-corrected chi connectivity index (χ2v) is 9.33. The number of nitrogens with zero attached hydrogens (tertiary/aromatic N) is 3. The molecule has 0 fully saturated rings. The summed E-state index contributed by atoms with van der Waals surface area (Å²) in [6.45, 7) is 1.98. The second-order valence-electron chi connectivity index (χ2n) is 7.24. The summed E-state index contributed by atoms with van der Waals surface area (Å²) in [5, 5.41) is 6.51. The molecule has 0 saturated heterocycles. The summed E-state index contributed by atoms with van der Waals surface area (Å²) < 4.78 is 33.0. The monoisotopic (exact) mass is 496 g/mol. The van der Waals surface area contributed by atoms with Crippen LogP contribution in [0.2, 0.25) is 5.02 Å².